The number of benzene rings is 2. The summed E-state index contributed by atoms with van der Waals surface area (Å²) in [5.74, 6) is -0.390. The van der Waals surface area contributed by atoms with E-state index in [0.717, 1.165) is 10.5 Å². The van der Waals surface area contributed by atoms with Gasteiger partial charge in [0.25, 0.3) is 11.8 Å². The molecule has 1 N–H and O–H groups in total. The van der Waals surface area contributed by atoms with Crippen LogP contribution in [0.1, 0.15) is 18.1 Å². The van der Waals surface area contributed by atoms with Gasteiger partial charge < -0.3 is 9.47 Å². The molecule has 1 aliphatic heterocycles. The third-order valence-electron chi connectivity index (χ3n) is 4.26. The van der Waals surface area contributed by atoms with Crippen molar-refractivity contribution in [2.75, 3.05) is 18.6 Å². The van der Waals surface area contributed by atoms with E-state index in [1.165, 1.54) is 13.2 Å². The maximum atomic E-state index is 12.9. The Bertz CT molecular complexity index is 981. The van der Waals surface area contributed by atoms with Crippen LogP contribution in [0.25, 0.3) is 6.08 Å². The number of para-hydroxylation sites is 1. The van der Waals surface area contributed by atoms with Crippen LogP contribution in [0.5, 0.6) is 11.5 Å². The Morgan fingerprint density at radius 2 is 1.82 bits per heavy atom. The van der Waals surface area contributed by atoms with Crippen LogP contribution in [0.15, 0.2) is 48.0 Å². The second kappa shape index (κ2) is 7.96. The second-order valence-electron chi connectivity index (χ2n) is 6.09. The third kappa shape index (κ3) is 3.59. The quantitative estimate of drug-likeness (QED) is 0.637. The number of aryl methyl sites for hydroxylation is 1. The predicted octanol–water partition coefficient (Wildman–Crippen LogP) is 3.07. The molecular formula is C21H20N2O5. The number of imide groups is 2. The number of anilines is 1. The molecule has 0 bridgehead atoms. The fourth-order valence-electron chi connectivity index (χ4n) is 2.91. The Labute approximate surface area is 162 Å². The molecule has 28 heavy (non-hydrogen) atoms. The van der Waals surface area contributed by atoms with E-state index in [2.05, 4.69) is 5.32 Å². The summed E-state index contributed by atoms with van der Waals surface area (Å²) < 4.78 is 10.8. The normalized spacial score (nSPS) is 15.6. The number of methoxy groups -OCH3 is 1. The number of nitrogens with one attached hydrogen (secondary N) is 1. The van der Waals surface area contributed by atoms with Crippen molar-refractivity contribution in [1.29, 1.82) is 0 Å². The molecule has 0 spiro atoms. The Morgan fingerprint density at radius 1 is 1.07 bits per heavy atom. The molecule has 0 unspecified atom stereocenters. The zero-order valence-electron chi connectivity index (χ0n) is 15.8. The lowest BCUT2D eigenvalue weighted by atomic mass is 10.1. The minimum Gasteiger partial charge on any atom is -0.493 e. The van der Waals surface area contributed by atoms with E-state index in [0.29, 0.717) is 29.4 Å². The summed E-state index contributed by atoms with van der Waals surface area (Å²) >= 11 is 0. The average molecular weight is 380 g/mol. The first-order valence-electron chi connectivity index (χ1n) is 8.74. The molecule has 1 fully saturated rings. The van der Waals surface area contributed by atoms with Gasteiger partial charge in [0.1, 0.15) is 5.57 Å². The molecule has 0 aliphatic carbocycles. The van der Waals surface area contributed by atoms with Crippen LogP contribution in [0.3, 0.4) is 0 Å². The SMILES string of the molecule is CCOc1ccc(/C=C2\C(=O)NC(=O)N(c3ccccc3C)C2=O)cc1OC. The first-order valence-corrected chi connectivity index (χ1v) is 8.74. The standard InChI is InChI=1S/C21H20N2O5/c1-4-28-17-10-9-14(12-18(17)27-3)11-15-19(24)22-21(26)23(20(15)25)16-8-6-5-7-13(16)2/h5-12H,4H2,1-3H3,(H,22,24,26)/b15-11+. The van der Waals surface area contributed by atoms with E-state index < -0.39 is 17.8 Å². The number of carbonyl (C=O) groups is 3. The number of amides is 4. The number of hydrogen-bond donors (Lipinski definition) is 1. The maximum absolute atomic E-state index is 12.9. The molecule has 0 radical (unpaired) electrons. The lowest BCUT2D eigenvalue weighted by molar-refractivity contribution is -0.122. The molecule has 2 aromatic rings. The van der Waals surface area contributed by atoms with E-state index >= 15 is 0 Å². The van der Waals surface area contributed by atoms with Gasteiger partial charge in [-0.15, -0.1) is 0 Å². The van der Waals surface area contributed by atoms with Crippen LogP contribution in [0.4, 0.5) is 10.5 Å². The summed E-state index contributed by atoms with van der Waals surface area (Å²) in [7, 11) is 1.51. The largest absolute Gasteiger partial charge is 0.493 e. The van der Waals surface area contributed by atoms with Gasteiger partial charge in [0, 0.05) is 0 Å². The van der Waals surface area contributed by atoms with Crippen molar-refractivity contribution in [2.45, 2.75) is 13.8 Å². The molecule has 0 aromatic heterocycles. The van der Waals surface area contributed by atoms with Crippen molar-refractivity contribution >= 4 is 29.6 Å². The van der Waals surface area contributed by atoms with E-state index in [9.17, 15) is 14.4 Å². The average Bonchev–Trinajstić information content (AvgIpc) is 2.67. The van der Waals surface area contributed by atoms with Gasteiger partial charge in [0.2, 0.25) is 0 Å². The molecule has 0 saturated carbocycles. The number of carbonyl (C=O) groups excluding carboxylic acids is 3. The molecule has 2 aromatic carbocycles. The molecule has 0 atom stereocenters. The van der Waals surface area contributed by atoms with Crippen LogP contribution in [-0.2, 0) is 9.59 Å². The van der Waals surface area contributed by atoms with Crippen LogP contribution >= 0.6 is 0 Å². The summed E-state index contributed by atoms with van der Waals surface area (Å²) in [6, 6.07) is 11.3. The Balaban J connectivity index is 2.01. The molecule has 7 nitrogen and oxygen atoms in total. The van der Waals surface area contributed by atoms with Crippen LogP contribution < -0.4 is 19.7 Å². The Morgan fingerprint density at radius 3 is 2.50 bits per heavy atom. The highest BCUT2D eigenvalue weighted by Gasteiger charge is 2.37. The molecule has 7 heteroatoms. The minimum absolute atomic E-state index is 0.144. The van der Waals surface area contributed by atoms with Crippen molar-refractivity contribution in [3.05, 3.63) is 59.2 Å². The number of barbiturate groups is 1. The Hall–Kier alpha value is -3.61. The molecule has 144 valence electrons. The highest BCUT2D eigenvalue weighted by Crippen LogP contribution is 2.30. The van der Waals surface area contributed by atoms with Crippen molar-refractivity contribution in [2.24, 2.45) is 0 Å². The monoisotopic (exact) mass is 380 g/mol. The van der Waals surface area contributed by atoms with Crippen molar-refractivity contribution in [1.82, 2.24) is 5.32 Å². The first kappa shape index (κ1) is 19.2. The van der Waals surface area contributed by atoms with Crippen molar-refractivity contribution < 1.29 is 23.9 Å². The number of ether oxygens (including phenoxy) is 2. The van der Waals surface area contributed by atoms with Gasteiger partial charge in [-0.25, -0.2) is 9.69 Å². The zero-order chi connectivity index (χ0) is 20.3. The molecule has 1 saturated heterocycles. The van der Waals surface area contributed by atoms with Gasteiger partial charge in [-0.3, -0.25) is 14.9 Å². The summed E-state index contributed by atoms with van der Waals surface area (Å²) in [6.07, 6.45) is 1.42. The highest BCUT2D eigenvalue weighted by molar-refractivity contribution is 6.39. The maximum Gasteiger partial charge on any atom is 0.335 e. The number of nitrogens with zero attached hydrogens (tertiary/aromatic N) is 1. The van der Waals surface area contributed by atoms with E-state index in [4.69, 9.17) is 9.47 Å². The van der Waals surface area contributed by atoms with Gasteiger partial charge in [-0.1, -0.05) is 24.3 Å². The number of hydrogen-bond acceptors (Lipinski definition) is 5. The van der Waals surface area contributed by atoms with Gasteiger partial charge in [0.15, 0.2) is 11.5 Å². The summed E-state index contributed by atoms with van der Waals surface area (Å²) in [5, 5.41) is 2.22. The lowest BCUT2D eigenvalue weighted by Gasteiger charge is -2.27. The summed E-state index contributed by atoms with van der Waals surface area (Å²) in [4.78, 5) is 38.5. The van der Waals surface area contributed by atoms with Crippen molar-refractivity contribution in [3.63, 3.8) is 0 Å². The molecule has 3 rings (SSSR count). The Kier molecular flexibility index (Phi) is 5.44. The van der Waals surface area contributed by atoms with Gasteiger partial charge in [0.05, 0.1) is 19.4 Å². The summed E-state index contributed by atoms with van der Waals surface area (Å²) in [6.45, 7) is 4.12. The second-order valence-corrected chi connectivity index (χ2v) is 6.09. The van der Waals surface area contributed by atoms with Crippen LogP contribution in [-0.4, -0.2) is 31.6 Å². The fraction of sp³-hybridized carbons (Fsp3) is 0.190. The third-order valence-corrected chi connectivity index (χ3v) is 4.26. The topological polar surface area (TPSA) is 84.9 Å². The minimum atomic E-state index is -0.772. The van der Waals surface area contributed by atoms with E-state index in [-0.39, 0.29) is 5.57 Å². The van der Waals surface area contributed by atoms with Gasteiger partial charge in [-0.05, 0) is 49.2 Å². The molecule has 4 amide bonds. The van der Waals surface area contributed by atoms with E-state index in [1.54, 1.807) is 49.4 Å². The number of urea groups is 1. The van der Waals surface area contributed by atoms with Crippen LogP contribution in [0.2, 0.25) is 0 Å². The highest BCUT2D eigenvalue weighted by atomic mass is 16.5. The predicted molar refractivity (Wildman–Crippen MR) is 104 cm³/mol. The van der Waals surface area contributed by atoms with Crippen molar-refractivity contribution in [3.8, 4) is 11.5 Å². The summed E-state index contributed by atoms with van der Waals surface area (Å²) in [5.41, 5.74) is 1.59. The van der Waals surface area contributed by atoms with E-state index in [1.807, 2.05) is 6.92 Å². The molecule has 1 heterocycles. The van der Waals surface area contributed by atoms with Crippen LogP contribution in [0, 0.1) is 6.92 Å². The fourth-order valence-corrected chi connectivity index (χ4v) is 2.91. The van der Waals surface area contributed by atoms with Gasteiger partial charge in [-0.2, -0.15) is 0 Å². The molecule has 1 aliphatic rings. The smallest absolute Gasteiger partial charge is 0.335 e. The van der Waals surface area contributed by atoms with Gasteiger partial charge >= 0.3 is 6.03 Å². The lowest BCUT2D eigenvalue weighted by Crippen LogP contribution is -2.54. The first-order chi connectivity index (χ1) is 13.5. The molecular weight excluding hydrogens is 360 g/mol. The number of rotatable bonds is 5. The zero-order valence-corrected chi connectivity index (χ0v) is 15.8.